The van der Waals surface area contributed by atoms with Crippen LogP contribution in [0.25, 0.3) is 10.9 Å². The quantitative estimate of drug-likeness (QED) is 0.495. The number of nitrogens with zero attached hydrogens (tertiary/aromatic N) is 2. The Balaban J connectivity index is 1.54. The molecule has 0 unspecified atom stereocenters. The van der Waals surface area contributed by atoms with Crippen molar-refractivity contribution in [1.82, 2.24) is 14.8 Å². The molecule has 0 saturated carbocycles. The second-order valence-electron chi connectivity index (χ2n) is 8.64. The van der Waals surface area contributed by atoms with Crippen LogP contribution in [0.4, 0.5) is 4.39 Å². The van der Waals surface area contributed by atoms with Crippen molar-refractivity contribution in [3.05, 3.63) is 108 Å². The van der Waals surface area contributed by atoms with Gasteiger partial charge >= 0.3 is 0 Å². The summed E-state index contributed by atoms with van der Waals surface area (Å²) in [7, 11) is 0. The van der Waals surface area contributed by atoms with Gasteiger partial charge in [0.25, 0.3) is 5.91 Å². The number of nitrogens with one attached hydrogen (secondary N) is 1. The average Bonchev–Trinajstić information content (AvgIpc) is 3.19. The Hall–Kier alpha value is -3.93. The Kier molecular flexibility index (Phi) is 5.21. The van der Waals surface area contributed by atoms with Crippen molar-refractivity contribution in [2.45, 2.75) is 32.1 Å². The number of carbonyl (C=O) groups is 2. The van der Waals surface area contributed by atoms with Gasteiger partial charge < -0.3 is 14.8 Å². The molecule has 3 aromatic carbocycles. The lowest BCUT2D eigenvalue weighted by atomic mass is 9.93. The van der Waals surface area contributed by atoms with Gasteiger partial charge in [-0.05, 0) is 42.3 Å². The first-order chi connectivity index (χ1) is 16.0. The first kappa shape index (κ1) is 20.9. The molecule has 4 aromatic rings. The molecule has 1 atom stereocenters. The normalized spacial score (nSPS) is 17.8. The van der Waals surface area contributed by atoms with Gasteiger partial charge in [0.1, 0.15) is 17.1 Å². The summed E-state index contributed by atoms with van der Waals surface area (Å²) in [6.45, 7) is 2.57. The second kappa shape index (κ2) is 8.20. The van der Waals surface area contributed by atoms with E-state index in [0.717, 1.165) is 16.5 Å². The molecule has 5 rings (SSSR count). The number of aromatic nitrogens is 1. The monoisotopic (exact) mass is 441 g/mol. The number of benzene rings is 3. The van der Waals surface area contributed by atoms with Gasteiger partial charge in [-0.25, -0.2) is 4.39 Å². The molecule has 1 aromatic heterocycles. The van der Waals surface area contributed by atoms with Crippen LogP contribution in [0.2, 0.25) is 0 Å². The van der Waals surface area contributed by atoms with Crippen LogP contribution in [0.5, 0.6) is 0 Å². The Labute approximate surface area is 191 Å². The van der Waals surface area contributed by atoms with E-state index in [1.165, 1.54) is 12.1 Å². The minimum Gasteiger partial charge on any atom is -0.350 e. The van der Waals surface area contributed by atoms with Crippen LogP contribution in [0.3, 0.4) is 0 Å². The highest BCUT2D eigenvalue weighted by Crippen LogP contribution is 2.33. The van der Waals surface area contributed by atoms with Gasteiger partial charge in [0.15, 0.2) is 0 Å². The number of fused-ring (bicyclic) bond motifs is 3. The molecular weight excluding hydrogens is 417 g/mol. The molecular formula is C27H24FN3O2. The Morgan fingerprint density at radius 1 is 0.970 bits per heavy atom. The zero-order valence-corrected chi connectivity index (χ0v) is 18.3. The van der Waals surface area contributed by atoms with Gasteiger partial charge in [0, 0.05) is 24.0 Å². The fourth-order valence-electron chi connectivity index (χ4n) is 4.54. The van der Waals surface area contributed by atoms with E-state index in [1.54, 1.807) is 24.0 Å². The van der Waals surface area contributed by atoms with Gasteiger partial charge in [-0.15, -0.1) is 0 Å². The summed E-state index contributed by atoms with van der Waals surface area (Å²) in [4.78, 5) is 28.8. The summed E-state index contributed by atoms with van der Waals surface area (Å²) in [5.74, 6) is -0.875. The molecule has 1 N–H and O–H groups in total. The summed E-state index contributed by atoms with van der Waals surface area (Å²) in [6.07, 6.45) is 0. The largest absolute Gasteiger partial charge is 0.350 e. The van der Waals surface area contributed by atoms with E-state index in [1.807, 2.05) is 65.2 Å². The summed E-state index contributed by atoms with van der Waals surface area (Å²) in [6, 6.07) is 25.4. The lowest BCUT2D eigenvalue weighted by molar-refractivity contribution is -0.133. The maximum atomic E-state index is 13.9. The van der Waals surface area contributed by atoms with Crippen molar-refractivity contribution in [3.63, 3.8) is 0 Å². The smallest absolute Gasteiger partial charge is 0.271 e. The Morgan fingerprint density at radius 2 is 1.70 bits per heavy atom. The molecule has 5 nitrogen and oxygen atoms in total. The van der Waals surface area contributed by atoms with E-state index in [9.17, 15) is 14.0 Å². The van der Waals surface area contributed by atoms with E-state index in [0.29, 0.717) is 24.3 Å². The van der Waals surface area contributed by atoms with Crippen molar-refractivity contribution in [1.29, 1.82) is 0 Å². The van der Waals surface area contributed by atoms with E-state index in [4.69, 9.17) is 0 Å². The van der Waals surface area contributed by atoms with Crippen LogP contribution >= 0.6 is 0 Å². The molecule has 1 aliphatic heterocycles. The molecule has 0 saturated heterocycles. The number of hydrogen-bond acceptors (Lipinski definition) is 2. The van der Waals surface area contributed by atoms with Gasteiger partial charge in [-0.2, -0.15) is 0 Å². The molecule has 0 fully saturated rings. The van der Waals surface area contributed by atoms with Gasteiger partial charge in [0.2, 0.25) is 5.91 Å². The fourth-order valence-corrected chi connectivity index (χ4v) is 4.54. The summed E-state index contributed by atoms with van der Waals surface area (Å²) < 4.78 is 15.8. The number of halogens is 1. The van der Waals surface area contributed by atoms with Crippen LogP contribution < -0.4 is 5.32 Å². The first-order valence-electron chi connectivity index (χ1n) is 10.9. The maximum Gasteiger partial charge on any atom is 0.271 e. The topological polar surface area (TPSA) is 54.3 Å². The predicted molar refractivity (Wildman–Crippen MR) is 125 cm³/mol. The van der Waals surface area contributed by atoms with E-state index >= 15 is 0 Å². The SMILES string of the molecule is C[C@]1(C(=O)NCc2ccccc2)Cn2c(cc3ccccc32)C(=O)N1Cc1cccc(F)c1. The van der Waals surface area contributed by atoms with Crippen LogP contribution in [0, 0.1) is 5.82 Å². The third kappa shape index (κ3) is 3.78. The molecule has 0 radical (unpaired) electrons. The van der Waals surface area contributed by atoms with E-state index in [2.05, 4.69) is 5.32 Å². The highest BCUT2D eigenvalue weighted by Gasteiger charge is 2.47. The van der Waals surface area contributed by atoms with Crippen LogP contribution in [-0.4, -0.2) is 26.8 Å². The number of hydrogen-bond donors (Lipinski definition) is 1. The van der Waals surface area contributed by atoms with Crippen molar-refractivity contribution >= 4 is 22.7 Å². The summed E-state index contributed by atoms with van der Waals surface area (Å²) in [5.41, 5.74) is 1.89. The molecule has 2 amide bonds. The highest BCUT2D eigenvalue weighted by molar-refractivity contribution is 6.03. The highest BCUT2D eigenvalue weighted by atomic mass is 19.1. The van der Waals surface area contributed by atoms with E-state index in [-0.39, 0.29) is 24.2 Å². The molecule has 0 bridgehead atoms. The molecule has 0 aliphatic carbocycles. The zero-order chi connectivity index (χ0) is 23.0. The average molecular weight is 442 g/mol. The summed E-state index contributed by atoms with van der Waals surface area (Å²) in [5, 5.41) is 3.95. The minimum atomic E-state index is -1.16. The summed E-state index contributed by atoms with van der Waals surface area (Å²) >= 11 is 0. The van der Waals surface area contributed by atoms with E-state index < -0.39 is 5.54 Å². The molecule has 1 aliphatic rings. The van der Waals surface area contributed by atoms with Crippen molar-refractivity contribution in [3.8, 4) is 0 Å². The zero-order valence-electron chi connectivity index (χ0n) is 18.3. The number of rotatable bonds is 5. The van der Waals surface area contributed by atoms with Crippen molar-refractivity contribution in [2.24, 2.45) is 0 Å². The van der Waals surface area contributed by atoms with Crippen LogP contribution in [0.15, 0.2) is 84.9 Å². The lowest BCUT2D eigenvalue weighted by Gasteiger charge is -2.44. The van der Waals surface area contributed by atoms with Crippen molar-refractivity contribution in [2.75, 3.05) is 0 Å². The van der Waals surface area contributed by atoms with Gasteiger partial charge in [0.05, 0.1) is 6.54 Å². The maximum absolute atomic E-state index is 13.9. The number of carbonyl (C=O) groups excluding carboxylic acids is 2. The number of amides is 2. The fraction of sp³-hybridized carbons (Fsp3) is 0.185. The standard InChI is InChI=1S/C27H24FN3O2/c1-27(26(33)29-16-19-8-3-2-4-9-19)18-30-23-13-6-5-11-21(23)15-24(30)25(32)31(27)17-20-10-7-12-22(28)14-20/h2-15H,16-18H2,1H3,(H,29,33)/t27-/m1/s1. The molecule has 33 heavy (non-hydrogen) atoms. The van der Waals surface area contributed by atoms with Crippen molar-refractivity contribution < 1.29 is 14.0 Å². The van der Waals surface area contributed by atoms with Gasteiger partial charge in [-0.1, -0.05) is 60.7 Å². The molecule has 166 valence electrons. The third-order valence-corrected chi connectivity index (χ3v) is 6.35. The number of para-hydroxylation sites is 1. The molecule has 2 heterocycles. The third-order valence-electron chi connectivity index (χ3n) is 6.35. The molecule has 0 spiro atoms. The Morgan fingerprint density at radius 3 is 2.48 bits per heavy atom. The first-order valence-corrected chi connectivity index (χ1v) is 10.9. The molecule has 6 heteroatoms. The van der Waals surface area contributed by atoms with Gasteiger partial charge in [-0.3, -0.25) is 9.59 Å². The second-order valence-corrected chi connectivity index (χ2v) is 8.64. The Bertz CT molecular complexity index is 1350. The lowest BCUT2D eigenvalue weighted by Crippen LogP contribution is -2.63. The van der Waals surface area contributed by atoms with Crippen LogP contribution in [0.1, 0.15) is 28.5 Å². The predicted octanol–water partition coefficient (Wildman–Crippen LogP) is 4.51. The minimum absolute atomic E-state index is 0.132. The van der Waals surface area contributed by atoms with Crippen LogP contribution in [-0.2, 0) is 24.4 Å².